The molecule has 3 aromatic rings. The maximum atomic E-state index is 12.5. The van der Waals surface area contributed by atoms with Gasteiger partial charge < -0.3 is 15.5 Å². The monoisotopic (exact) mass is 393 g/mol. The molecule has 28 heavy (non-hydrogen) atoms. The Kier molecular flexibility index (Phi) is 6.45. The van der Waals surface area contributed by atoms with Crippen molar-refractivity contribution in [2.45, 2.75) is 6.04 Å². The third-order valence-corrected chi connectivity index (χ3v) is 5.19. The highest BCUT2D eigenvalue weighted by atomic mass is 32.1. The Morgan fingerprint density at radius 2 is 1.68 bits per heavy atom. The van der Waals surface area contributed by atoms with Crippen molar-refractivity contribution < 1.29 is 9.59 Å². The van der Waals surface area contributed by atoms with Crippen LogP contribution < -0.4 is 10.6 Å². The van der Waals surface area contributed by atoms with E-state index in [0.29, 0.717) is 5.56 Å². The third kappa shape index (κ3) is 4.98. The summed E-state index contributed by atoms with van der Waals surface area (Å²) in [5.74, 6) is -0.151. The molecule has 0 fully saturated rings. The van der Waals surface area contributed by atoms with Gasteiger partial charge in [0.2, 0.25) is 5.91 Å². The molecule has 0 aliphatic heterocycles. The number of carbonyl (C=O) groups excluding carboxylic acids is 2. The number of nitrogens with zero attached hydrogens (tertiary/aromatic N) is 1. The molecular weight excluding hydrogens is 370 g/mol. The number of hydrogen-bond acceptors (Lipinski definition) is 4. The Morgan fingerprint density at radius 1 is 0.964 bits per heavy atom. The molecule has 2 aromatic carbocycles. The molecule has 0 unspecified atom stereocenters. The Morgan fingerprint density at radius 3 is 2.29 bits per heavy atom. The van der Waals surface area contributed by atoms with Gasteiger partial charge in [-0.05, 0) is 41.3 Å². The Bertz CT molecular complexity index is 907. The highest BCUT2D eigenvalue weighted by Gasteiger charge is 2.17. The van der Waals surface area contributed by atoms with Gasteiger partial charge in [-0.25, -0.2) is 0 Å². The van der Waals surface area contributed by atoms with Crippen LogP contribution in [0.4, 0.5) is 5.69 Å². The molecule has 0 saturated carbocycles. The fourth-order valence-corrected chi connectivity index (χ4v) is 3.61. The van der Waals surface area contributed by atoms with Crippen molar-refractivity contribution >= 4 is 28.8 Å². The number of thiophene rings is 1. The first-order valence-corrected chi connectivity index (χ1v) is 9.86. The zero-order valence-electron chi connectivity index (χ0n) is 15.9. The fourth-order valence-electron chi connectivity index (χ4n) is 2.80. The number of nitrogens with one attached hydrogen (secondary N) is 2. The normalized spacial score (nSPS) is 11.5. The molecule has 1 atom stereocenters. The van der Waals surface area contributed by atoms with Crippen molar-refractivity contribution in [3.05, 3.63) is 88.1 Å². The third-order valence-electron chi connectivity index (χ3n) is 4.26. The second kappa shape index (κ2) is 9.19. The zero-order valence-corrected chi connectivity index (χ0v) is 16.7. The van der Waals surface area contributed by atoms with Crippen molar-refractivity contribution in [3.8, 4) is 0 Å². The lowest BCUT2D eigenvalue weighted by atomic mass is 10.1. The van der Waals surface area contributed by atoms with Gasteiger partial charge in [0.1, 0.15) is 0 Å². The second-order valence-electron chi connectivity index (χ2n) is 6.56. The first kappa shape index (κ1) is 19.6. The van der Waals surface area contributed by atoms with E-state index in [9.17, 15) is 9.59 Å². The van der Waals surface area contributed by atoms with Gasteiger partial charge in [-0.1, -0.05) is 36.4 Å². The molecule has 5 nitrogen and oxygen atoms in total. The van der Waals surface area contributed by atoms with E-state index >= 15 is 0 Å². The van der Waals surface area contributed by atoms with Crippen LogP contribution in [0.2, 0.25) is 0 Å². The van der Waals surface area contributed by atoms with Crippen molar-refractivity contribution in [1.29, 1.82) is 0 Å². The molecule has 144 valence electrons. The first-order valence-electron chi connectivity index (χ1n) is 8.98. The van der Waals surface area contributed by atoms with E-state index in [4.69, 9.17) is 0 Å². The van der Waals surface area contributed by atoms with Crippen molar-refractivity contribution in [3.63, 3.8) is 0 Å². The molecule has 1 heterocycles. The van der Waals surface area contributed by atoms with Crippen LogP contribution in [-0.2, 0) is 4.79 Å². The molecule has 6 heteroatoms. The molecule has 0 aliphatic rings. The predicted molar refractivity (Wildman–Crippen MR) is 114 cm³/mol. The van der Waals surface area contributed by atoms with Crippen LogP contribution in [0.5, 0.6) is 0 Å². The van der Waals surface area contributed by atoms with Gasteiger partial charge in [0, 0.05) is 30.2 Å². The highest BCUT2D eigenvalue weighted by Crippen LogP contribution is 2.25. The maximum Gasteiger partial charge on any atom is 0.253 e. The lowest BCUT2D eigenvalue weighted by Gasteiger charge is -2.18. The van der Waals surface area contributed by atoms with Crippen LogP contribution >= 0.6 is 11.3 Å². The summed E-state index contributed by atoms with van der Waals surface area (Å²) in [4.78, 5) is 27.1. The summed E-state index contributed by atoms with van der Waals surface area (Å²) in [5, 5.41) is 8.21. The van der Waals surface area contributed by atoms with Gasteiger partial charge >= 0.3 is 0 Å². The lowest BCUT2D eigenvalue weighted by Crippen LogP contribution is -2.33. The Hall–Kier alpha value is -3.12. The van der Waals surface area contributed by atoms with Crippen LogP contribution in [0.1, 0.15) is 26.8 Å². The van der Waals surface area contributed by atoms with Gasteiger partial charge in [0.25, 0.3) is 5.91 Å². The van der Waals surface area contributed by atoms with E-state index in [2.05, 4.69) is 10.6 Å². The first-order chi connectivity index (χ1) is 13.5. The minimum atomic E-state index is -0.171. The maximum absolute atomic E-state index is 12.5. The Balaban J connectivity index is 1.62. The zero-order chi connectivity index (χ0) is 19.9. The summed E-state index contributed by atoms with van der Waals surface area (Å²) in [5.41, 5.74) is 2.45. The van der Waals surface area contributed by atoms with Gasteiger partial charge in [-0.2, -0.15) is 0 Å². The number of carbonyl (C=O) groups is 2. The van der Waals surface area contributed by atoms with Crippen LogP contribution in [-0.4, -0.2) is 37.4 Å². The average molecular weight is 394 g/mol. The largest absolute Gasteiger partial charge is 0.376 e. The minimum Gasteiger partial charge on any atom is -0.376 e. The fraction of sp³-hybridized carbons (Fsp3) is 0.182. The van der Waals surface area contributed by atoms with Crippen LogP contribution in [0, 0.1) is 0 Å². The molecule has 0 saturated heterocycles. The number of rotatable bonds is 7. The second-order valence-corrected chi connectivity index (χ2v) is 7.54. The topological polar surface area (TPSA) is 61.4 Å². The summed E-state index contributed by atoms with van der Waals surface area (Å²) in [6, 6.07) is 20.9. The van der Waals surface area contributed by atoms with Crippen molar-refractivity contribution in [1.82, 2.24) is 10.2 Å². The Labute approximate surface area is 169 Å². The lowest BCUT2D eigenvalue weighted by molar-refractivity contribution is -0.119. The number of anilines is 1. The van der Waals surface area contributed by atoms with Gasteiger partial charge in [-0.3, -0.25) is 9.59 Å². The molecule has 3 rings (SSSR count). The SMILES string of the molecule is CN(C)C(=O)c1ccc(NCC(=O)N[C@@H](c2ccccc2)c2cccs2)cc1. The summed E-state index contributed by atoms with van der Waals surface area (Å²) in [6.07, 6.45) is 0. The molecule has 0 radical (unpaired) electrons. The summed E-state index contributed by atoms with van der Waals surface area (Å²) < 4.78 is 0. The number of amides is 2. The molecule has 1 aromatic heterocycles. The minimum absolute atomic E-state index is 0.0501. The molecule has 0 aliphatic carbocycles. The van der Waals surface area contributed by atoms with Crippen molar-refractivity contribution in [2.75, 3.05) is 26.0 Å². The molecule has 2 N–H and O–H groups in total. The molecule has 0 spiro atoms. The molecular formula is C22H23N3O2S. The van der Waals surface area contributed by atoms with E-state index < -0.39 is 0 Å². The van der Waals surface area contributed by atoms with E-state index in [0.717, 1.165) is 16.1 Å². The number of hydrogen-bond donors (Lipinski definition) is 2. The van der Waals surface area contributed by atoms with E-state index in [1.54, 1.807) is 49.7 Å². The van der Waals surface area contributed by atoms with Crippen LogP contribution in [0.15, 0.2) is 72.1 Å². The van der Waals surface area contributed by atoms with E-state index in [1.807, 2.05) is 47.8 Å². The summed E-state index contributed by atoms with van der Waals surface area (Å²) >= 11 is 1.62. The molecule has 0 bridgehead atoms. The summed E-state index contributed by atoms with van der Waals surface area (Å²) in [7, 11) is 3.44. The smallest absolute Gasteiger partial charge is 0.253 e. The standard InChI is InChI=1S/C22H23N3O2S/c1-25(2)22(27)17-10-12-18(13-11-17)23-15-20(26)24-21(19-9-6-14-28-19)16-7-4-3-5-8-16/h3-14,21,23H,15H2,1-2H3,(H,24,26)/t21-/m0/s1. The summed E-state index contributed by atoms with van der Waals surface area (Å²) in [6.45, 7) is 0.148. The van der Waals surface area contributed by atoms with Crippen LogP contribution in [0.25, 0.3) is 0 Å². The molecule has 2 amide bonds. The average Bonchev–Trinajstić information content (AvgIpc) is 3.25. The predicted octanol–water partition coefficient (Wildman–Crippen LogP) is 3.77. The number of benzene rings is 2. The quantitative estimate of drug-likeness (QED) is 0.642. The van der Waals surface area contributed by atoms with Gasteiger partial charge in [-0.15, -0.1) is 11.3 Å². The highest BCUT2D eigenvalue weighted by molar-refractivity contribution is 7.10. The van der Waals surface area contributed by atoms with E-state index in [1.165, 1.54) is 4.90 Å². The van der Waals surface area contributed by atoms with Crippen molar-refractivity contribution in [2.24, 2.45) is 0 Å². The van der Waals surface area contributed by atoms with Crippen LogP contribution in [0.3, 0.4) is 0 Å². The van der Waals surface area contributed by atoms with E-state index in [-0.39, 0.29) is 24.4 Å². The van der Waals surface area contributed by atoms with Gasteiger partial charge in [0.15, 0.2) is 0 Å². The van der Waals surface area contributed by atoms with Gasteiger partial charge in [0.05, 0.1) is 12.6 Å².